The van der Waals surface area contributed by atoms with E-state index in [1.54, 1.807) is 30.3 Å². The summed E-state index contributed by atoms with van der Waals surface area (Å²) in [6, 6.07) is 9.40. The Balaban J connectivity index is 2.71. The van der Waals surface area contributed by atoms with E-state index in [4.69, 9.17) is 11.5 Å². The van der Waals surface area contributed by atoms with Gasteiger partial charge in [-0.05, 0) is 11.6 Å². The summed E-state index contributed by atoms with van der Waals surface area (Å²) in [5.74, 6) is -1.53. The van der Waals surface area contributed by atoms with E-state index in [1.807, 2.05) is 0 Å². The van der Waals surface area contributed by atoms with Crippen LogP contribution in [0.1, 0.15) is 0 Å². The van der Waals surface area contributed by atoms with Crippen LogP contribution in [0.4, 0.5) is 20.2 Å². The first-order valence-corrected chi connectivity index (χ1v) is 4.69. The summed E-state index contributed by atoms with van der Waals surface area (Å²) in [7, 11) is 0. The second-order valence-electron chi connectivity index (χ2n) is 3.42. The Morgan fingerprint density at radius 2 is 1.56 bits per heavy atom. The summed E-state index contributed by atoms with van der Waals surface area (Å²) in [6.45, 7) is 0. The van der Waals surface area contributed by atoms with E-state index in [-0.39, 0.29) is 16.9 Å². The van der Waals surface area contributed by atoms with Gasteiger partial charge in [-0.15, -0.1) is 0 Å². The zero-order valence-corrected chi connectivity index (χ0v) is 8.37. The van der Waals surface area contributed by atoms with E-state index in [2.05, 4.69) is 0 Å². The van der Waals surface area contributed by atoms with Gasteiger partial charge in [0, 0.05) is 0 Å². The highest BCUT2D eigenvalue weighted by Gasteiger charge is 2.16. The molecular weight excluding hydrogens is 210 g/mol. The fourth-order valence-electron chi connectivity index (χ4n) is 1.52. The maximum atomic E-state index is 13.8. The molecule has 0 aliphatic heterocycles. The van der Waals surface area contributed by atoms with Gasteiger partial charge in [0.1, 0.15) is 5.82 Å². The Labute approximate surface area is 91.5 Å². The van der Waals surface area contributed by atoms with Gasteiger partial charge in [0.05, 0.1) is 16.9 Å². The van der Waals surface area contributed by atoms with E-state index >= 15 is 0 Å². The second-order valence-corrected chi connectivity index (χ2v) is 3.42. The molecule has 0 amide bonds. The highest BCUT2D eigenvalue weighted by atomic mass is 19.1. The first-order chi connectivity index (χ1) is 7.61. The highest BCUT2D eigenvalue weighted by Crippen LogP contribution is 2.32. The molecular formula is C12H10F2N2. The van der Waals surface area contributed by atoms with Crippen LogP contribution in [0, 0.1) is 11.6 Å². The van der Waals surface area contributed by atoms with E-state index in [9.17, 15) is 8.78 Å². The number of halogens is 2. The van der Waals surface area contributed by atoms with Gasteiger partial charge in [-0.2, -0.15) is 0 Å². The van der Waals surface area contributed by atoms with Gasteiger partial charge in [-0.25, -0.2) is 8.78 Å². The minimum atomic E-state index is -0.816. The van der Waals surface area contributed by atoms with E-state index in [0.717, 1.165) is 6.07 Å². The first-order valence-electron chi connectivity index (χ1n) is 4.69. The lowest BCUT2D eigenvalue weighted by atomic mass is 10.0. The van der Waals surface area contributed by atoms with Crippen molar-refractivity contribution in [1.29, 1.82) is 0 Å². The molecule has 0 atom stereocenters. The molecule has 0 bridgehead atoms. The Morgan fingerprint density at radius 3 is 2.19 bits per heavy atom. The lowest BCUT2D eigenvalue weighted by Crippen LogP contribution is -2.02. The predicted molar refractivity (Wildman–Crippen MR) is 60.6 cm³/mol. The van der Waals surface area contributed by atoms with Crippen molar-refractivity contribution in [2.75, 3.05) is 11.5 Å². The van der Waals surface area contributed by atoms with Crippen molar-refractivity contribution in [3.63, 3.8) is 0 Å². The lowest BCUT2D eigenvalue weighted by Gasteiger charge is -2.09. The number of nitrogens with two attached hydrogens (primary N) is 2. The molecule has 0 saturated carbocycles. The molecule has 0 aliphatic carbocycles. The van der Waals surface area contributed by atoms with Crippen LogP contribution >= 0.6 is 0 Å². The number of hydrogen-bond acceptors (Lipinski definition) is 2. The maximum absolute atomic E-state index is 13.8. The smallest absolute Gasteiger partial charge is 0.158 e. The Bertz CT molecular complexity index is 524. The average Bonchev–Trinajstić information content (AvgIpc) is 2.28. The molecule has 4 N–H and O–H groups in total. The van der Waals surface area contributed by atoms with Crippen LogP contribution < -0.4 is 11.5 Å². The summed E-state index contributed by atoms with van der Waals surface area (Å²) in [5, 5.41) is 0. The van der Waals surface area contributed by atoms with Crippen LogP contribution in [0.15, 0.2) is 36.4 Å². The van der Waals surface area contributed by atoms with Crippen LogP contribution in [0.5, 0.6) is 0 Å². The monoisotopic (exact) mass is 220 g/mol. The minimum Gasteiger partial charge on any atom is -0.397 e. The maximum Gasteiger partial charge on any atom is 0.158 e. The van der Waals surface area contributed by atoms with Crippen molar-refractivity contribution in [3.05, 3.63) is 48.0 Å². The van der Waals surface area contributed by atoms with Crippen LogP contribution in [0.3, 0.4) is 0 Å². The largest absolute Gasteiger partial charge is 0.397 e. The summed E-state index contributed by atoms with van der Waals surface area (Å²) in [5.41, 5.74) is 10.8. The van der Waals surface area contributed by atoms with Gasteiger partial charge >= 0.3 is 0 Å². The minimum absolute atomic E-state index is 0.0883. The molecule has 0 radical (unpaired) electrons. The fraction of sp³-hybridized carbons (Fsp3) is 0. The van der Waals surface area contributed by atoms with Crippen molar-refractivity contribution < 1.29 is 8.78 Å². The molecule has 2 aromatic carbocycles. The summed E-state index contributed by atoms with van der Waals surface area (Å²) in [4.78, 5) is 0. The molecule has 2 nitrogen and oxygen atoms in total. The van der Waals surface area contributed by atoms with Crippen LogP contribution in [0.2, 0.25) is 0 Å². The number of benzene rings is 2. The number of nitrogen functional groups attached to an aromatic ring is 2. The normalized spacial score (nSPS) is 10.4. The molecule has 0 spiro atoms. The number of anilines is 2. The molecule has 0 aliphatic rings. The average molecular weight is 220 g/mol. The standard InChI is InChI=1S/C12H10F2N2/c13-8-6-9(15)12(16)11(14)10(8)7-4-2-1-3-5-7/h1-6H,15-16H2. The third-order valence-corrected chi connectivity index (χ3v) is 2.35. The van der Waals surface area contributed by atoms with Gasteiger partial charge in [-0.3, -0.25) is 0 Å². The van der Waals surface area contributed by atoms with Crippen molar-refractivity contribution in [2.45, 2.75) is 0 Å². The van der Waals surface area contributed by atoms with Gasteiger partial charge in [-0.1, -0.05) is 30.3 Å². The first kappa shape index (κ1) is 10.4. The summed E-state index contributed by atoms with van der Waals surface area (Å²) >= 11 is 0. The van der Waals surface area contributed by atoms with E-state index in [1.165, 1.54) is 0 Å². The van der Waals surface area contributed by atoms with Crippen LogP contribution in [-0.4, -0.2) is 0 Å². The van der Waals surface area contributed by atoms with Gasteiger partial charge in [0.25, 0.3) is 0 Å². The van der Waals surface area contributed by atoms with Crippen molar-refractivity contribution in [1.82, 2.24) is 0 Å². The van der Waals surface area contributed by atoms with Crippen molar-refractivity contribution in [3.8, 4) is 11.1 Å². The SMILES string of the molecule is Nc1cc(F)c(-c2ccccc2)c(F)c1N. The van der Waals surface area contributed by atoms with E-state index < -0.39 is 11.6 Å². The topological polar surface area (TPSA) is 52.0 Å². The molecule has 4 heteroatoms. The molecule has 2 rings (SSSR count). The van der Waals surface area contributed by atoms with Crippen LogP contribution in [0.25, 0.3) is 11.1 Å². The molecule has 2 aromatic rings. The molecule has 0 fully saturated rings. The highest BCUT2D eigenvalue weighted by molar-refractivity contribution is 5.76. The van der Waals surface area contributed by atoms with Gasteiger partial charge in [0.2, 0.25) is 0 Å². The molecule has 0 unspecified atom stereocenters. The molecule has 0 saturated heterocycles. The predicted octanol–water partition coefficient (Wildman–Crippen LogP) is 2.80. The lowest BCUT2D eigenvalue weighted by molar-refractivity contribution is 0.593. The molecule has 0 heterocycles. The van der Waals surface area contributed by atoms with Crippen molar-refractivity contribution in [2.24, 2.45) is 0 Å². The molecule has 16 heavy (non-hydrogen) atoms. The second kappa shape index (κ2) is 3.81. The Hall–Kier alpha value is -2.10. The zero-order valence-electron chi connectivity index (χ0n) is 8.37. The van der Waals surface area contributed by atoms with E-state index in [0.29, 0.717) is 5.56 Å². The third-order valence-electron chi connectivity index (χ3n) is 2.35. The fourth-order valence-corrected chi connectivity index (χ4v) is 1.52. The molecule has 82 valence electrons. The quantitative estimate of drug-likeness (QED) is 0.726. The van der Waals surface area contributed by atoms with Gasteiger partial charge < -0.3 is 11.5 Å². The number of hydrogen-bond donors (Lipinski definition) is 2. The Morgan fingerprint density at radius 1 is 0.938 bits per heavy atom. The summed E-state index contributed by atoms with van der Waals surface area (Å²) in [6.07, 6.45) is 0. The third kappa shape index (κ3) is 1.58. The zero-order chi connectivity index (χ0) is 11.7. The van der Waals surface area contributed by atoms with Crippen molar-refractivity contribution >= 4 is 11.4 Å². The molecule has 0 aromatic heterocycles. The number of rotatable bonds is 1. The Kier molecular flexibility index (Phi) is 2.48. The van der Waals surface area contributed by atoms with Crippen LogP contribution in [-0.2, 0) is 0 Å². The summed E-state index contributed by atoms with van der Waals surface area (Å²) < 4.78 is 27.4. The van der Waals surface area contributed by atoms with Gasteiger partial charge in [0.15, 0.2) is 5.82 Å².